The van der Waals surface area contributed by atoms with Crippen molar-refractivity contribution in [3.63, 3.8) is 0 Å². The number of aromatic nitrogens is 10. The molecule has 0 bridgehead atoms. The molecule has 7 heterocycles. The number of rotatable bonds is 25. The largest absolute Gasteiger partial charge is 0.508 e. The zero-order chi connectivity index (χ0) is 90.0. The van der Waals surface area contributed by atoms with Crippen molar-refractivity contribution in [3.8, 4) is 80.1 Å². The second kappa shape index (κ2) is 39.0. The van der Waals surface area contributed by atoms with Crippen molar-refractivity contribution in [1.29, 1.82) is 0 Å². The molecule has 39 heteroatoms. The lowest BCUT2D eigenvalue weighted by molar-refractivity contribution is -0.141. The van der Waals surface area contributed by atoms with E-state index in [1.54, 1.807) is 116 Å². The van der Waals surface area contributed by atoms with E-state index in [-0.39, 0.29) is 123 Å². The molecular formula is C86H93F4N15O20. The maximum Gasteiger partial charge on any atom is 0.351 e. The van der Waals surface area contributed by atoms with Crippen LogP contribution in [0.5, 0.6) is 46.0 Å². The number of carboxylic acids is 1. The van der Waals surface area contributed by atoms with Crippen LogP contribution in [0.2, 0.25) is 0 Å². The summed E-state index contributed by atoms with van der Waals surface area (Å²) in [5.74, 6) is -10.1. The number of halogens is 4. The van der Waals surface area contributed by atoms with Crippen molar-refractivity contribution in [2.45, 2.75) is 134 Å². The molecule has 4 fully saturated rings. The Labute approximate surface area is 710 Å². The first-order valence-corrected chi connectivity index (χ1v) is 40.2. The minimum Gasteiger partial charge on any atom is -0.508 e. The fourth-order valence-electron chi connectivity index (χ4n) is 14.9. The number of ether oxygens (including phenoxy) is 3. The number of phenols is 4. The summed E-state index contributed by atoms with van der Waals surface area (Å²) in [4.78, 5) is 110. The van der Waals surface area contributed by atoms with E-state index in [0.29, 0.717) is 113 Å². The van der Waals surface area contributed by atoms with Gasteiger partial charge in [0.15, 0.2) is 17.8 Å². The highest BCUT2D eigenvalue weighted by Gasteiger charge is 2.60. The van der Waals surface area contributed by atoms with Gasteiger partial charge in [0.25, 0.3) is 23.6 Å². The number of Topliss-reactive ketones (excluding diaryl/α,β-unsaturated/α-hetero) is 1. The number of aromatic carboxylic acids is 1. The van der Waals surface area contributed by atoms with Gasteiger partial charge in [-0.3, -0.25) is 42.2 Å². The van der Waals surface area contributed by atoms with Gasteiger partial charge in [0.2, 0.25) is 23.8 Å². The summed E-state index contributed by atoms with van der Waals surface area (Å²) in [6.45, 7) is 12.5. The molecule has 13 N–H and O–H groups in total. The Hall–Kier alpha value is -13.3. The van der Waals surface area contributed by atoms with Crippen LogP contribution >= 0.6 is 0 Å². The van der Waals surface area contributed by atoms with Gasteiger partial charge in [0, 0.05) is 98.4 Å². The number of nitrogens with zero attached hydrogens (tertiary/aromatic N) is 11. The maximum absolute atomic E-state index is 14.7. The smallest absolute Gasteiger partial charge is 0.351 e. The Bertz CT molecular complexity index is 5700. The third-order valence-corrected chi connectivity index (χ3v) is 21.8. The fraction of sp³-hybridized carbons (Fsp3) is 0.372. The molecule has 660 valence electrons. The second-order valence-electron chi connectivity index (χ2n) is 30.8. The minimum absolute atomic E-state index is 0.0125. The van der Waals surface area contributed by atoms with Gasteiger partial charge in [0.1, 0.15) is 75.8 Å². The SMILES string of the molecule is CCNC(=O)c1nnc(-c2cc(C(C)C)c(O)cc2O)n1-c1ccc(Oc2ccc(C(=O)N3CCC(C(=O)Cc4ccn([C@@H]5C[C@H](CO)[C@@H](O)C5(F)F)c(=O)n4)CC3)cc2)cc1.CCNC(=O)c1nnc(-c2cc(C(C)C)c(O)cc2O)n1-c1ccc(Oc2ccc(C(=O)O)cc2)cc1.O=C(Nc1ccn([C@@H]2O[C@H](CO)[C@@H](O)C2(F)F)c(=O)n1)C1CCNCC1. The number of benzene rings is 6. The monoisotopic (exact) mass is 1730 g/mol. The molecule has 0 radical (unpaired) electrons. The van der Waals surface area contributed by atoms with Crippen LogP contribution in [-0.2, 0) is 20.7 Å². The zero-order valence-electron chi connectivity index (χ0n) is 68.5. The number of ketones is 1. The highest BCUT2D eigenvalue weighted by molar-refractivity contribution is 5.96. The number of carbonyl (C=O) groups is 6. The molecule has 4 aliphatic rings. The number of likely N-dealkylation sites (tertiary alicyclic amines) is 1. The number of hydrogen-bond acceptors (Lipinski definition) is 26. The van der Waals surface area contributed by atoms with E-state index in [0.717, 1.165) is 30.1 Å². The Balaban J connectivity index is 0.000000190. The standard InChI is InChI=1S/C44H47F2N7O9.C27H26N4O6.C15H20F2N4O5/c1-4-47-41(59)40-50-49-39(33-21-32(24(2)3)35(56)22-36(33)57)53(40)29-7-11-31(12-8-29)62-30-9-5-26(6-10-30)42(60)51-16-13-25(14-17-51)34(55)20-28-15-18-52(43(61)48-28)37-19-27(23-54)38(58)44(37,45)46;1-4-28-26(34)25-30-29-24(21-13-20(15(2)3)22(32)14-23(21)33)31(25)17-7-11-19(12-8-17)37-18-9-5-16(6-10-18)27(35)36;16-15(17)11(23)9(7-22)26-13(15)21-6-3-10(20-14(21)25)19-12(24)8-1-4-18-5-2-8/h5-12,15,18,21-22,24-25,27,37-38,54,56-58H,4,13-14,16-17,19-20,23H2,1-3H3,(H,47,59);5-15,32-33H,4H2,1-3H3,(H,28,34)(H,35,36);3,6,8-9,11,13,18,22-23H,1-2,4-5,7H2,(H,19,20,24,25)/t27-,37-,38-;;9-,11-,13-/m1.1/s1. The Morgan fingerprint density at radius 1 is 0.568 bits per heavy atom. The van der Waals surface area contributed by atoms with Crippen LogP contribution in [0.25, 0.3) is 34.2 Å². The van der Waals surface area contributed by atoms with Gasteiger partial charge in [-0.25, -0.2) is 23.2 Å². The zero-order valence-corrected chi connectivity index (χ0v) is 68.5. The molecule has 1 aliphatic carbocycles. The molecule has 125 heavy (non-hydrogen) atoms. The van der Waals surface area contributed by atoms with Crippen LogP contribution in [-0.4, -0.2) is 218 Å². The fourth-order valence-corrected chi connectivity index (χ4v) is 14.9. The van der Waals surface area contributed by atoms with Gasteiger partial charge in [-0.15, -0.1) is 20.4 Å². The molecule has 3 saturated heterocycles. The molecule has 1 saturated carbocycles. The lowest BCUT2D eigenvalue weighted by Crippen LogP contribution is -2.42. The number of aromatic hydroxyl groups is 4. The first-order chi connectivity index (χ1) is 59.6. The molecule has 0 unspecified atom stereocenters. The van der Waals surface area contributed by atoms with E-state index in [1.807, 2.05) is 27.7 Å². The van der Waals surface area contributed by atoms with E-state index in [1.165, 1.54) is 45.5 Å². The highest BCUT2D eigenvalue weighted by atomic mass is 19.3. The summed E-state index contributed by atoms with van der Waals surface area (Å²) in [6.07, 6.45) is -4.16. The van der Waals surface area contributed by atoms with Gasteiger partial charge in [0.05, 0.1) is 29.0 Å². The maximum atomic E-state index is 14.7. The van der Waals surface area contributed by atoms with Gasteiger partial charge < -0.3 is 86.3 Å². The Morgan fingerprint density at radius 3 is 1.47 bits per heavy atom. The molecule has 10 aromatic rings. The number of anilines is 1. The molecule has 35 nitrogen and oxygen atoms in total. The number of carboxylic acid groups (broad SMARTS) is 1. The van der Waals surface area contributed by atoms with E-state index in [4.69, 9.17) is 24.4 Å². The Kier molecular flexibility index (Phi) is 28.4. The van der Waals surface area contributed by atoms with Crippen molar-refractivity contribution < 1.29 is 106 Å². The molecular weight excluding hydrogens is 1640 g/mol. The van der Waals surface area contributed by atoms with E-state index >= 15 is 0 Å². The predicted octanol–water partition coefficient (Wildman–Crippen LogP) is 8.56. The Morgan fingerprint density at radius 2 is 1.04 bits per heavy atom. The lowest BCUT2D eigenvalue weighted by Gasteiger charge is -2.31. The molecule has 3 aliphatic heterocycles. The average Bonchev–Trinajstić information content (AvgIpc) is 1.63. The molecule has 14 rings (SSSR count). The molecule has 6 atom stereocenters. The normalized spacial score (nSPS) is 18.6. The van der Waals surface area contributed by atoms with Crippen LogP contribution in [0.15, 0.2) is 155 Å². The highest BCUT2D eigenvalue weighted by Crippen LogP contribution is 2.48. The molecule has 0 spiro atoms. The second-order valence-corrected chi connectivity index (χ2v) is 30.8. The predicted molar refractivity (Wildman–Crippen MR) is 440 cm³/mol. The van der Waals surface area contributed by atoms with Gasteiger partial charge in [-0.2, -0.15) is 18.7 Å². The number of aliphatic hydroxyl groups excluding tert-OH is 4. The summed E-state index contributed by atoms with van der Waals surface area (Å²) in [6, 6.07) is 32.8. The molecule has 4 amide bonds. The van der Waals surface area contributed by atoms with Crippen LogP contribution in [0.3, 0.4) is 0 Å². The van der Waals surface area contributed by atoms with Crippen molar-refractivity contribution in [1.82, 2.24) is 69.5 Å². The van der Waals surface area contributed by atoms with Crippen molar-refractivity contribution >= 4 is 41.2 Å². The van der Waals surface area contributed by atoms with E-state index < -0.39 is 90.7 Å². The summed E-state index contributed by atoms with van der Waals surface area (Å²) in [7, 11) is 0. The number of nitrogens with one attached hydrogen (secondary N) is 4. The first kappa shape index (κ1) is 90.9. The quantitative estimate of drug-likeness (QED) is 0.0238. The summed E-state index contributed by atoms with van der Waals surface area (Å²) in [5.41, 5.74) is 1.48. The number of amides is 4. The number of piperidine rings is 2. The summed E-state index contributed by atoms with van der Waals surface area (Å²) < 4.78 is 78.6. The number of phenolic OH excluding ortho intramolecular Hbond substituents is 4. The minimum atomic E-state index is -3.78. The summed E-state index contributed by atoms with van der Waals surface area (Å²) in [5, 5.41) is 117. The number of alkyl halides is 4. The van der Waals surface area contributed by atoms with Crippen LogP contribution in [0.1, 0.15) is 157 Å². The van der Waals surface area contributed by atoms with E-state index in [2.05, 4.69) is 51.6 Å². The summed E-state index contributed by atoms with van der Waals surface area (Å²) >= 11 is 0. The molecule has 4 aromatic heterocycles. The van der Waals surface area contributed by atoms with Crippen LogP contribution in [0, 0.1) is 17.8 Å². The van der Waals surface area contributed by atoms with Crippen LogP contribution in [0.4, 0.5) is 23.4 Å². The van der Waals surface area contributed by atoms with Crippen molar-refractivity contribution in [2.75, 3.05) is 57.8 Å². The lowest BCUT2D eigenvalue weighted by atomic mass is 9.90. The van der Waals surface area contributed by atoms with Crippen molar-refractivity contribution in [3.05, 3.63) is 206 Å². The van der Waals surface area contributed by atoms with Gasteiger partial charge in [-0.05, 0) is 203 Å². The third-order valence-electron chi connectivity index (χ3n) is 21.8. The first-order valence-electron chi connectivity index (χ1n) is 40.2. The number of carbonyl (C=O) groups excluding carboxylic acids is 5. The van der Waals surface area contributed by atoms with Crippen LogP contribution < -0.4 is 42.1 Å². The molecule has 6 aromatic carbocycles. The topological polar surface area (TPSA) is 495 Å². The van der Waals surface area contributed by atoms with E-state index in [9.17, 15) is 91.7 Å². The van der Waals surface area contributed by atoms with Gasteiger partial charge >= 0.3 is 23.3 Å². The third kappa shape index (κ3) is 20.1. The number of aliphatic hydroxyl groups is 4. The van der Waals surface area contributed by atoms with Crippen molar-refractivity contribution in [2.24, 2.45) is 17.8 Å². The number of hydrogen-bond donors (Lipinski definition) is 13. The van der Waals surface area contributed by atoms with Gasteiger partial charge in [-0.1, -0.05) is 27.7 Å². The average molecular weight is 1730 g/mol.